The molecule has 0 spiro atoms. The first-order valence-electron chi connectivity index (χ1n) is 9.75. The molecule has 0 bridgehead atoms. The normalized spacial score (nSPS) is 16.7. The Morgan fingerprint density at radius 3 is 2.83 bits per heavy atom. The lowest BCUT2D eigenvalue weighted by Gasteiger charge is -2.10. The van der Waals surface area contributed by atoms with E-state index >= 15 is 0 Å². The average molecular weight is 404 g/mol. The number of hydrogen-bond donors (Lipinski definition) is 2. The van der Waals surface area contributed by atoms with Crippen LogP contribution < -0.4 is 11.1 Å². The predicted molar refractivity (Wildman–Crippen MR) is 112 cm³/mol. The van der Waals surface area contributed by atoms with Crippen molar-refractivity contribution < 1.29 is 13.9 Å². The summed E-state index contributed by atoms with van der Waals surface area (Å²) in [6.45, 7) is 1.14. The van der Waals surface area contributed by atoms with Crippen LogP contribution in [0.1, 0.15) is 29.0 Å². The summed E-state index contributed by atoms with van der Waals surface area (Å²) >= 11 is 0. The van der Waals surface area contributed by atoms with Gasteiger partial charge >= 0.3 is 0 Å². The largest absolute Gasteiger partial charge is 0.463 e. The van der Waals surface area contributed by atoms with Crippen molar-refractivity contribution in [3.8, 4) is 0 Å². The van der Waals surface area contributed by atoms with Crippen molar-refractivity contribution in [1.82, 2.24) is 20.0 Å². The van der Waals surface area contributed by atoms with E-state index in [9.17, 15) is 4.79 Å². The first-order chi connectivity index (χ1) is 14.7. The third-order valence-electron chi connectivity index (χ3n) is 5.06. The van der Waals surface area contributed by atoms with Crippen molar-refractivity contribution >= 4 is 40.1 Å². The van der Waals surface area contributed by atoms with Crippen molar-refractivity contribution in [1.29, 1.82) is 0 Å². The highest BCUT2D eigenvalue weighted by Crippen LogP contribution is 2.28. The maximum atomic E-state index is 13.0. The number of furan rings is 1. The van der Waals surface area contributed by atoms with Crippen molar-refractivity contribution in [2.75, 3.05) is 18.9 Å². The zero-order valence-electron chi connectivity index (χ0n) is 16.1. The van der Waals surface area contributed by atoms with Gasteiger partial charge in [-0.05, 0) is 37.1 Å². The molecule has 1 aliphatic heterocycles. The highest BCUT2D eigenvalue weighted by molar-refractivity contribution is 6.10. The van der Waals surface area contributed by atoms with Gasteiger partial charge in [-0.15, -0.1) is 0 Å². The van der Waals surface area contributed by atoms with Crippen LogP contribution in [0.4, 0.5) is 5.82 Å². The van der Waals surface area contributed by atoms with Crippen LogP contribution in [0.15, 0.2) is 52.2 Å². The summed E-state index contributed by atoms with van der Waals surface area (Å²) in [5.74, 6) is 0.381. The minimum Gasteiger partial charge on any atom is -0.463 e. The smallest absolute Gasteiger partial charge is 0.257 e. The highest BCUT2D eigenvalue weighted by atomic mass is 16.5. The molecule has 1 amide bonds. The lowest BCUT2D eigenvalue weighted by atomic mass is 10.2. The molecule has 0 saturated carbocycles. The fraction of sp³-hybridized carbons (Fsp3) is 0.238. The van der Waals surface area contributed by atoms with E-state index in [1.165, 1.54) is 10.9 Å². The topological polar surface area (TPSA) is 121 Å². The number of fused-ring (bicyclic) bond motifs is 2. The molecule has 5 rings (SSSR count). The Balaban J connectivity index is 1.60. The number of nitrogens with two attached hydrogens (primary N) is 1. The monoisotopic (exact) mass is 404 g/mol. The Hall–Kier alpha value is -3.72. The molecule has 1 atom stereocenters. The molecule has 4 aromatic rings. The second-order valence-electron chi connectivity index (χ2n) is 7.06. The lowest BCUT2D eigenvalue weighted by molar-refractivity contribution is 0.0859. The summed E-state index contributed by atoms with van der Waals surface area (Å²) in [5, 5.41) is 7.30. The van der Waals surface area contributed by atoms with Gasteiger partial charge in [0.15, 0.2) is 5.65 Å². The van der Waals surface area contributed by atoms with Gasteiger partial charge in [-0.3, -0.25) is 4.79 Å². The summed E-state index contributed by atoms with van der Waals surface area (Å²) in [4.78, 5) is 22.3. The third kappa shape index (κ3) is 3.29. The number of para-hydroxylation sites is 2. The Morgan fingerprint density at radius 2 is 2.10 bits per heavy atom. The van der Waals surface area contributed by atoms with E-state index in [1.54, 1.807) is 18.4 Å². The molecule has 3 N–H and O–H groups in total. The van der Waals surface area contributed by atoms with Crippen LogP contribution in [0.2, 0.25) is 0 Å². The Morgan fingerprint density at radius 1 is 1.27 bits per heavy atom. The number of aromatic nitrogens is 3. The quantitative estimate of drug-likeness (QED) is 0.493. The van der Waals surface area contributed by atoms with Crippen molar-refractivity contribution in [2.45, 2.75) is 18.9 Å². The zero-order chi connectivity index (χ0) is 20.5. The van der Waals surface area contributed by atoms with Crippen LogP contribution in [0.25, 0.3) is 22.2 Å². The number of hydrogen-bond acceptors (Lipinski definition) is 7. The van der Waals surface area contributed by atoms with Crippen molar-refractivity contribution in [2.24, 2.45) is 5.10 Å². The van der Waals surface area contributed by atoms with E-state index in [0.29, 0.717) is 34.5 Å². The molecule has 1 saturated heterocycles. The van der Waals surface area contributed by atoms with Gasteiger partial charge in [-0.25, -0.2) is 9.97 Å². The van der Waals surface area contributed by atoms with E-state index in [2.05, 4.69) is 20.4 Å². The molecule has 3 aromatic heterocycles. The molecular formula is C21H20N6O3. The maximum Gasteiger partial charge on any atom is 0.257 e. The van der Waals surface area contributed by atoms with Crippen LogP contribution in [-0.4, -0.2) is 46.0 Å². The number of nitrogens with zero attached hydrogens (tertiary/aromatic N) is 4. The van der Waals surface area contributed by atoms with Crippen LogP contribution >= 0.6 is 0 Å². The highest BCUT2D eigenvalue weighted by Gasteiger charge is 2.25. The molecule has 1 aromatic carbocycles. The molecule has 0 unspecified atom stereocenters. The number of amides is 1. The van der Waals surface area contributed by atoms with Gasteiger partial charge in [-0.1, -0.05) is 12.1 Å². The molecule has 9 heteroatoms. The molecule has 0 radical (unpaired) electrons. The molecule has 4 heterocycles. The molecule has 1 aliphatic rings. The SMILES string of the molecule is Nc1c(C(=O)NC[C@@H]2CCCO2)c2nc3ccccc3nc2n1/N=C\c1ccco1. The number of nitrogen functional groups attached to an aromatic ring is 1. The van der Waals surface area contributed by atoms with Crippen LogP contribution in [0.5, 0.6) is 0 Å². The Labute approximate surface area is 171 Å². The third-order valence-corrected chi connectivity index (χ3v) is 5.06. The maximum absolute atomic E-state index is 13.0. The predicted octanol–water partition coefficient (Wildman–Crippen LogP) is 2.55. The first-order valence-corrected chi connectivity index (χ1v) is 9.75. The number of nitrogens with one attached hydrogen (secondary N) is 1. The fourth-order valence-electron chi connectivity index (χ4n) is 3.57. The summed E-state index contributed by atoms with van der Waals surface area (Å²) in [7, 11) is 0. The van der Waals surface area contributed by atoms with Gasteiger partial charge in [0, 0.05) is 13.2 Å². The van der Waals surface area contributed by atoms with Crippen LogP contribution in [-0.2, 0) is 4.74 Å². The molecule has 1 fully saturated rings. The van der Waals surface area contributed by atoms with Gasteiger partial charge in [0.25, 0.3) is 5.91 Å². The van der Waals surface area contributed by atoms with Gasteiger partial charge in [0.2, 0.25) is 0 Å². The number of carbonyl (C=O) groups excluding carboxylic acids is 1. The second-order valence-corrected chi connectivity index (χ2v) is 7.06. The van der Waals surface area contributed by atoms with Gasteiger partial charge < -0.3 is 20.2 Å². The lowest BCUT2D eigenvalue weighted by Crippen LogP contribution is -2.32. The molecule has 152 valence electrons. The summed E-state index contributed by atoms with van der Waals surface area (Å²) in [6, 6.07) is 11.0. The van der Waals surface area contributed by atoms with Gasteiger partial charge in [0.05, 0.1) is 29.6 Å². The molecule has 0 aliphatic carbocycles. The van der Waals surface area contributed by atoms with Crippen molar-refractivity contribution in [3.05, 3.63) is 54.0 Å². The number of rotatable bonds is 5. The summed E-state index contributed by atoms with van der Waals surface area (Å²) in [5.41, 5.74) is 8.75. The van der Waals surface area contributed by atoms with Crippen molar-refractivity contribution in [3.63, 3.8) is 0 Å². The second kappa shape index (κ2) is 7.60. The average Bonchev–Trinajstić information content (AvgIpc) is 3.50. The van der Waals surface area contributed by atoms with E-state index in [1.807, 2.05) is 24.3 Å². The van der Waals surface area contributed by atoms with E-state index in [4.69, 9.17) is 14.9 Å². The fourth-order valence-corrected chi connectivity index (χ4v) is 3.57. The van der Waals surface area contributed by atoms with E-state index in [-0.39, 0.29) is 23.4 Å². The summed E-state index contributed by atoms with van der Waals surface area (Å²) in [6.07, 6.45) is 5.01. The van der Waals surface area contributed by atoms with Crippen LogP contribution in [0, 0.1) is 0 Å². The summed E-state index contributed by atoms with van der Waals surface area (Å²) < 4.78 is 12.3. The molecule has 30 heavy (non-hydrogen) atoms. The number of benzene rings is 1. The molecular weight excluding hydrogens is 384 g/mol. The Bertz CT molecular complexity index is 1240. The van der Waals surface area contributed by atoms with E-state index in [0.717, 1.165) is 19.4 Å². The van der Waals surface area contributed by atoms with Crippen LogP contribution in [0.3, 0.4) is 0 Å². The van der Waals surface area contributed by atoms with Gasteiger partial charge in [0.1, 0.15) is 22.7 Å². The standard InChI is InChI=1S/C21H20N6O3/c22-19-17(21(28)23-11-13-5-3-9-29-13)18-20(26-16-8-2-1-7-15(16)25-18)27(19)24-12-14-6-4-10-30-14/h1-2,4,6-8,10,12-13H,3,5,9,11,22H2,(H,23,28)/b24-12-/t13-/m0/s1. The number of ether oxygens (including phenoxy) is 1. The minimum absolute atomic E-state index is 0.0208. The van der Waals surface area contributed by atoms with E-state index < -0.39 is 0 Å². The number of carbonyl (C=O) groups is 1. The van der Waals surface area contributed by atoms with Gasteiger partial charge in [-0.2, -0.15) is 9.78 Å². The Kier molecular flexibility index (Phi) is 4.64. The first kappa shape index (κ1) is 18.3. The number of anilines is 1. The zero-order valence-corrected chi connectivity index (χ0v) is 16.1. The minimum atomic E-state index is -0.329. The molecule has 9 nitrogen and oxygen atoms in total.